The fraction of sp³-hybridized carbons (Fsp3) is 0.125. The molecule has 0 aliphatic heterocycles. The van der Waals surface area contributed by atoms with Gasteiger partial charge in [-0.15, -0.1) is 0 Å². The van der Waals surface area contributed by atoms with Crippen LogP contribution >= 0.6 is 11.6 Å². The molecule has 0 saturated carbocycles. The van der Waals surface area contributed by atoms with Gasteiger partial charge in [-0.05, 0) is 42.5 Å². The van der Waals surface area contributed by atoms with Crippen molar-refractivity contribution in [3.63, 3.8) is 0 Å². The van der Waals surface area contributed by atoms with E-state index in [4.69, 9.17) is 21.1 Å². The number of nitrogens with one attached hydrogen (secondary N) is 2. The van der Waals surface area contributed by atoms with Crippen LogP contribution < -0.4 is 20.1 Å². The highest BCUT2D eigenvalue weighted by Crippen LogP contribution is 2.35. The molecule has 0 saturated heterocycles. The number of hydrogen-bond donors (Lipinski definition) is 2. The molecule has 180 valence electrons. The standard InChI is InChI=1S/C24H18ClF3N4O3/c1-34-20-11-19-16(23(30-13-29-19)32-18-5-3-2-4-17(18)25)10-21(20)35-12-22(33)31-15-8-6-14(7-9-15)24(26,27)28/h2-11,13H,12H2,1H3,(H,31,33)(H,29,30,32). The summed E-state index contributed by atoms with van der Waals surface area (Å²) >= 11 is 6.24. The minimum Gasteiger partial charge on any atom is -0.493 e. The minimum atomic E-state index is -4.46. The van der Waals surface area contributed by atoms with E-state index in [1.54, 1.807) is 30.3 Å². The molecule has 0 aliphatic carbocycles. The third-order valence-electron chi connectivity index (χ3n) is 4.90. The molecular formula is C24H18ClF3N4O3. The number of hydrogen-bond acceptors (Lipinski definition) is 6. The molecule has 1 aromatic heterocycles. The SMILES string of the molecule is COc1cc2ncnc(Nc3ccccc3Cl)c2cc1OCC(=O)Nc1ccc(C(F)(F)F)cc1. The van der Waals surface area contributed by atoms with Crippen LogP contribution in [0.15, 0.2) is 67.0 Å². The molecule has 0 bridgehead atoms. The second kappa shape index (κ2) is 10.1. The molecular weight excluding hydrogens is 485 g/mol. The van der Waals surface area contributed by atoms with Crippen LogP contribution in [-0.4, -0.2) is 29.6 Å². The summed E-state index contributed by atoms with van der Waals surface area (Å²) in [5, 5.41) is 6.74. The fourth-order valence-corrected chi connectivity index (χ4v) is 3.39. The number of rotatable bonds is 7. The van der Waals surface area contributed by atoms with Crippen molar-refractivity contribution in [3.05, 3.63) is 77.6 Å². The number of methoxy groups -OCH3 is 1. The molecule has 11 heteroatoms. The number of carbonyl (C=O) groups excluding carboxylic acids is 1. The first-order valence-electron chi connectivity index (χ1n) is 10.2. The first-order valence-corrected chi connectivity index (χ1v) is 10.6. The van der Waals surface area contributed by atoms with Gasteiger partial charge in [0.2, 0.25) is 0 Å². The maximum atomic E-state index is 12.7. The lowest BCUT2D eigenvalue weighted by Gasteiger charge is -2.14. The van der Waals surface area contributed by atoms with E-state index >= 15 is 0 Å². The van der Waals surface area contributed by atoms with Crippen molar-refractivity contribution < 1.29 is 27.4 Å². The molecule has 35 heavy (non-hydrogen) atoms. The zero-order valence-electron chi connectivity index (χ0n) is 18.2. The highest BCUT2D eigenvalue weighted by molar-refractivity contribution is 6.33. The second-order valence-corrected chi connectivity index (χ2v) is 7.67. The number of aromatic nitrogens is 2. The van der Waals surface area contributed by atoms with E-state index in [0.717, 1.165) is 12.1 Å². The lowest BCUT2D eigenvalue weighted by Crippen LogP contribution is -2.20. The highest BCUT2D eigenvalue weighted by atomic mass is 35.5. The number of fused-ring (bicyclic) bond motifs is 1. The number of anilines is 3. The number of ether oxygens (including phenoxy) is 2. The van der Waals surface area contributed by atoms with Crippen LogP contribution in [0.25, 0.3) is 10.9 Å². The normalized spacial score (nSPS) is 11.2. The van der Waals surface area contributed by atoms with Crippen LogP contribution in [0.5, 0.6) is 11.5 Å². The number of para-hydroxylation sites is 1. The molecule has 0 fully saturated rings. The van der Waals surface area contributed by atoms with Crippen molar-refractivity contribution in [1.29, 1.82) is 0 Å². The zero-order valence-corrected chi connectivity index (χ0v) is 18.9. The van der Waals surface area contributed by atoms with Gasteiger partial charge in [0.15, 0.2) is 18.1 Å². The average molecular weight is 503 g/mol. The van der Waals surface area contributed by atoms with Crippen molar-refractivity contribution in [1.82, 2.24) is 9.97 Å². The first kappa shape index (κ1) is 24.1. The zero-order chi connectivity index (χ0) is 25.0. The third kappa shape index (κ3) is 5.72. The summed E-state index contributed by atoms with van der Waals surface area (Å²) in [6, 6.07) is 14.5. The summed E-state index contributed by atoms with van der Waals surface area (Å²) in [7, 11) is 1.44. The van der Waals surface area contributed by atoms with E-state index in [0.29, 0.717) is 33.2 Å². The molecule has 4 rings (SSSR count). The van der Waals surface area contributed by atoms with Crippen LogP contribution in [-0.2, 0) is 11.0 Å². The lowest BCUT2D eigenvalue weighted by atomic mass is 10.2. The molecule has 2 N–H and O–H groups in total. The largest absolute Gasteiger partial charge is 0.493 e. The fourth-order valence-electron chi connectivity index (χ4n) is 3.21. The van der Waals surface area contributed by atoms with E-state index in [-0.39, 0.29) is 11.4 Å². The summed E-state index contributed by atoms with van der Waals surface area (Å²) < 4.78 is 49.1. The molecule has 0 radical (unpaired) electrons. The number of alkyl halides is 3. The lowest BCUT2D eigenvalue weighted by molar-refractivity contribution is -0.137. The van der Waals surface area contributed by atoms with E-state index < -0.39 is 24.3 Å². The highest BCUT2D eigenvalue weighted by Gasteiger charge is 2.30. The summed E-state index contributed by atoms with van der Waals surface area (Å²) in [6.07, 6.45) is -3.07. The Kier molecular flexibility index (Phi) is 6.92. The van der Waals surface area contributed by atoms with Gasteiger partial charge in [0.25, 0.3) is 5.91 Å². The Balaban J connectivity index is 1.52. The van der Waals surface area contributed by atoms with Crippen molar-refractivity contribution in [3.8, 4) is 11.5 Å². The topological polar surface area (TPSA) is 85.4 Å². The van der Waals surface area contributed by atoms with Crippen LogP contribution in [0, 0.1) is 0 Å². The molecule has 4 aromatic rings. The summed E-state index contributed by atoms with van der Waals surface area (Å²) in [5.41, 5.74) is 0.601. The van der Waals surface area contributed by atoms with Gasteiger partial charge in [-0.3, -0.25) is 4.79 Å². The van der Waals surface area contributed by atoms with Crippen LogP contribution in [0.1, 0.15) is 5.56 Å². The average Bonchev–Trinajstić information content (AvgIpc) is 2.83. The molecule has 1 amide bonds. The Morgan fingerprint density at radius 1 is 1.03 bits per heavy atom. The minimum absolute atomic E-state index is 0.205. The number of amides is 1. The smallest absolute Gasteiger partial charge is 0.416 e. The molecule has 0 atom stereocenters. The third-order valence-corrected chi connectivity index (χ3v) is 5.23. The van der Waals surface area contributed by atoms with E-state index in [1.807, 2.05) is 6.07 Å². The maximum Gasteiger partial charge on any atom is 0.416 e. The van der Waals surface area contributed by atoms with E-state index in [2.05, 4.69) is 20.6 Å². The van der Waals surface area contributed by atoms with Crippen molar-refractivity contribution in [2.45, 2.75) is 6.18 Å². The Morgan fingerprint density at radius 2 is 1.77 bits per heavy atom. The van der Waals surface area contributed by atoms with Gasteiger partial charge < -0.3 is 20.1 Å². The quantitative estimate of drug-likeness (QED) is 0.319. The van der Waals surface area contributed by atoms with Gasteiger partial charge in [0.1, 0.15) is 12.1 Å². The molecule has 0 spiro atoms. The summed E-state index contributed by atoms with van der Waals surface area (Å²) in [5.74, 6) is 0.484. The van der Waals surface area contributed by atoms with Gasteiger partial charge in [-0.1, -0.05) is 23.7 Å². The monoisotopic (exact) mass is 502 g/mol. The van der Waals surface area contributed by atoms with Crippen LogP contribution in [0.3, 0.4) is 0 Å². The van der Waals surface area contributed by atoms with Crippen molar-refractivity contribution in [2.24, 2.45) is 0 Å². The van der Waals surface area contributed by atoms with Crippen LogP contribution in [0.4, 0.5) is 30.4 Å². The predicted molar refractivity (Wildman–Crippen MR) is 126 cm³/mol. The van der Waals surface area contributed by atoms with Gasteiger partial charge >= 0.3 is 6.18 Å². The summed E-state index contributed by atoms with van der Waals surface area (Å²) in [6.45, 7) is -0.413. The molecule has 3 aromatic carbocycles. The van der Waals surface area contributed by atoms with Gasteiger partial charge in [0, 0.05) is 17.1 Å². The number of nitrogens with zero attached hydrogens (tertiary/aromatic N) is 2. The first-order chi connectivity index (χ1) is 16.7. The van der Waals surface area contributed by atoms with Crippen molar-refractivity contribution >= 4 is 45.6 Å². The van der Waals surface area contributed by atoms with Gasteiger partial charge in [-0.25, -0.2) is 9.97 Å². The maximum absolute atomic E-state index is 12.7. The Morgan fingerprint density at radius 3 is 2.46 bits per heavy atom. The predicted octanol–water partition coefficient (Wildman–Crippen LogP) is 6.07. The Labute approximate surface area is 202 Å². The Hall–Kier alpha value is -4.05. The molecule has 1 heterocycles. The molecule has 0 aliphatic rings. The molecule has 0 unspecified atom stereocenters. The second-order valence-electron chi connectivity index (χ2n) is 7.26. The van der Waals surface area contributed by atoms with Gasteiger partial charge in [0.05, 0.1) is 28.9 Å². The van der Waals surface area contributed by atoms with E-state index in [1.165, 1.54) is 25.6 Å². The summed E-state index contributed by atoms with van der Waals surface area (Å²) in [4.78, 5) is 20.9. The number of benzene rings is 3. The van der Waals surface area contributed by atoms with Crippen molar-refractivity contribution in [2.75, 3.05) is 24.4 Å². The Bertz CT molecular complexity index is 1360. The van der Waals surface area contributed by atoms with Crippen LogP contribution in [0.2, 0.25) is 5.02 Å². The number of carbonyl (C=O) groups is 1. The number of halogens is 4. The van der Waals surface area contributed by atoms with E-state index in [9.17, 15) is 18.0 Å². The molecule has 7 nitrogen and oxygen atoms in total. The van der Waals surface area contributed by atoms with Gasteiger partial charge in [-0.2, -0.15) is 13.2 Å².